The van der Waals surface area contributed by atoms with Gasteiger partial charge in [-0.25, -0.2) is 9.80 Å². The second kappa shape index (κ2) is 12.1. The molecule has 0 aliphatic carbocycles. The molecule has 2 N–H and O–H groups in total. The summed E-state index contributed by atoms with van der Waals surface area (Å²) >= 11 is 0. The van der Waals surface area contributed by atoms with E-state index in [-0.39, 0.29) is 6.03 Å². The first-order chi connectivity index (χ1) is 17.6. The van der Waals surface area contributed by atoms with Gasteiger partial charge >= 0.3 is 6.03 Å². The summed E-state index contributed by atoms with van der Waals surface area (Å²) in [6.45, 7) is 10.3. The number of carbonyl (C=O) groups is 1. The first kappa shape index (κ1) is 25.8. The molecule has 2 amide bonds. The van der Waals surface area contributed by atoms with Crippen LogP contribution in [0.25, 0.3) is 0 Å². The van der Waals surface area contributed by atoms with Gasteiger partial charge in [0, 0.05) is 63.1 Å². The minimum Gasteiger partial charge on any atom is -0.493 e. The summed E-state index contributed by atoms with van der Waals surface area (Å²) in [4.78, 5) is 17.5. The number of nitrogens with zero attached hydrogens (tertiary/aromatic N) is 4. The highest BCUT2D eigenvalue weighted by atomic mass is 16.5. The molecule has 0 atom stereocenters. The normalized spacial score (nSPS) is 16.6. The van der Waals surface area contributed by atoms with E-state index in [1.54, 1.807) is 21.3 Å². The number of ether oxygens (including phenoxy) is 2. The fraction of sp³-hybridized carbons (Fsp3) is 0.481. The van der Waals surface area contributed by atoms with Gasteiger partial charge in [-0.2, -0.15) is 5.10 Å². The molecule has 36 heavy (non-hydrogen) atoms. The van der Waals surface area contributed by atoms with E-state index in [2.05, 4.69) is 51.6 Å². The standard InChI is InChI=1S/C27H38N6O3/c1-5-31-14-16-32(17-15-31)13-11-29-22-8-6-20(7-9-22)26-23-19-25(36-4)24(35-3)18-21(23)10-12-33(30-26)27(34)28-2/h6-9,18-19,29H,5,10-17H2,1-4H3,(H,28,34). The summed E-state index contributed by atoms with van der Waals surface area (Å²) in [7, 11) is 4.87. The number of hydrazone groups is 1. The topological polar surface area (TPSA) is 81.7 Å². The predicted molar refractivity (Wildman–Crippen MR) is 144 cm³/mol. The number of urea groups is 1. The molecule has 0 unspecified atom stereocenters. The van der Waals surface area contributed by atoms with E-state index >= 15 is 0 Å². The van der Waals surface area contributed by atoms with Crippen LogP contribution in [0.4, 0.5) is 10.5 Å². The highest BCUT2D eigenvalue weighted by Crippen LogP contribution is 2.33. The Kier molecular flexibility index (Phi) is 8.66. The Morgan fingerprint density at radius 2 is 1.64 bits per heavy atom. The molecular formula is C27H38N6O3. The third kappa shape index (κ3) is 5.91. The van der Waals surface area contributed by atoms with E-state index in [1.165, 1.54) is 5.01 Å². The van der Waals surface area contributed by atoms with Crippen molar-refractivity contribution in [1.82, 2.24) is 20.1 Å². The molecule has 2 aromatic rings. The molecule has 1 fully saturated rings. The summed E-state index contributed by atoms with van der Waals surface area (Å²) in [6.07, 6.45) is 0.655. The van der Waals surface area contributed by atoms with Crippen molar-refractivity contribution in [1.29, 1.82) is 0 Å². The number of anilines is 1. The molecule has 2 heterocycles. The van der Waals surface area contributed by atoms with Crippen LogP contribution < -0.4 is 20.1 Å². The largest absolute Gasteiger partial charge is 0.493 e. The first-order valence-corrected chi connectivity index (χ1v) is 12.7. The van der Waals surface area contributed by atoms with Gasteiger partial charge in [0.2, 0.25) is 0 Å². The number of likely N-dealkylation sites (N-methyl/N-ethyl adjacent to an activating group) is 1. The van der Waals surface area contributed by atoms with Gasteiger partial charge in [0.05, 0.1) is 26.5 Å². The molecule has 4 rings (SSSR count). The smallest absolute Gasteiger partial charge is 0.337 e. The molecule has 0 aromatic heterocycles. The second-order valence-electron chi connectivity index (χ2n) is 9.02. The van der Waals surface area contributed by atoms with Gasteiger partial charge < -0.3 is 25.0 Å². The van der Waals surface area contributed by atoms with Gasteiger partial charge in [-0.3, -0.25) is 4.90 Å². The number of amides is 2. The van der Waals surface area contributed by atoms with Gasteiger partial charge in [-0.15, -0.1) is 0 Å². The Morgan fingerprint density at radius 3 is 2.28 bits per heavy atom. The molecule has 1 saturated heterocycles. The average molecular weight is 495 g/mol. The van der Waals surface area contributed by atoms with Gasteiger partial charge in [0.1, 0.15) is 0 Å². The number of fused-ring (bicyclic) bond motifs is 1. The summed E-state index contributed by atoms with van der Waals surface area (Å²) in [5.74, 6) is 1.30. The lowest BCUT2D eigenvalue weighted by Gasteiger charge is -2.34. The molecule has 2 aromatic carbocycles. The molecule has 9 heteroatoms. The maximum absolute atomic E-state index is 12.5. The van der Waals surface area contributed by atoms with Crippen LogP contribution in [0.15, 0.2) is 41.5 Å². The minimum absolute atomic E-state index is 0.239. The maximum Gasteiger partial charge on any atom is 0.337 e. The summed E-state index contributed by atoms with van der Waals surface area (Å²) in [5.41, 5.74) is 4.72. The number of benzene rings is 2. The lowest BCUT2D eigenvalue weighted by molar-refractivity contribution is 0.141. The number of methoxy groups -OCH3 is 2. The number of carbonyl (C=O) groups excluding carboxylic acids is 1. The summed E-state index contributed by atoms with van der Waals surface area (Å²) in [5, 5.41) is 12.5. The minimum atomic E-state index is -0.239. The van der Waals surface area contributed by atoms with Crippen LogP contribution in [-0.2, 0) is 6.42 Å². The lowest BCUT2D eigenvalue weighted by atomic mass is 9.95. The molecular weight excluding hydrogens is 456 g/mol. The Bertz CT molecular complexity index is 1060. The first-order valence-electron chi connectivity index (χ1n) is 12.7. The van der Waals surface area contributed by atoms with Crippen LogP contribution >= 0.6 is 0 Å². The van der Waals surface area contributed by atoms with E-state index in [4.69, 9.17) is 14.6 Å². The highest BCUT2D eigenvalue weighted by molar-refractivity contribution is 6.14. The zero-order chi connectivity index (χ0) is 25.5. The van der Waals surface area contributed by atoms with Crippen molar-refractivity contribution >= 4 is 17.4 Å². The van der Waals surface area contributed by atoms with Gasteiger partial charge in [-0.1, -0.05) is 19.1 Å². The molecule has 194 valence electrons. The van der Waals surface area contributed by atoms with Crippen molar-refractivity contribution in [2.75, 3.05) is 78.9 Å². The van der Waals surface area contributed by atoms with Gasteiger partial charge in [0.25, 0.3) is 0 Å². The van der Waals surface area contributed by atoms with Crippen molar-refractivity contribution < 1.29 is 14.3 Å². The Labute approximate surface area is 214 Å². The van der Waals surface area contributed by atoms with E-state index < -0.39 is 0 Å². The molecule has 0 saturated carbocycles. The zero-order valence-electron chi connectivity index (χ0n) is 21.8. The van der Waals surface area contributed by atoms with Crippen molar-refractivity contribution in [3.8, 4) is 11.5 Å². The monoisotopic (exact) mass is 494 g/mol. The maximum atomic E-state index is 12.5. The van der Waals surface area contributed by atoms with Crippen molar-refractivity contribution in [3.63, 3.8) is 0 Å². The SMILES string of the molecule is CCN1CCN(CCNc2ccc(C3=NN(C(=O)NC)CCc4cc(OC)c(OC)cc43)cc2)CC1. The Balaban J connectivity index is 1.51. The van der Waals surface area contributed by atoms with Crippen LogP contribution in [0, 0.1) is 0 Å². The van der Waals surface area contributed by atoms with Crippen LogP contribution in [0.3, 0.4) is 0 Å². The van der Waals surface area contributed by atoms with Gasteiger partial charge in [0.15, 0.2) is 11.5 Å². The second-order valence-corrected chi connectivity index (χ2v) is 9.02. The summed E-state index contributed by atoms with van der Waals surface area (Å²) < 4.78 is 11.1. The average Bonchev–Trinajstić information content (AvgIpc) is 3.12. The fourth-order valence-electron chi connectivity index (χ4n) is 4.72. The number of rotatable bonds is 8. The molecule has 0 spiro atoms. The van der Waals surface area contributed by atoms with Crippen LogP contribution in [-0.4, -0.2) is 100 Å². The predicted octanol–water partition coefficient (Wildman–Crippen LogP) is 2.70. The zero-order valence-corrected chi connectivity index (χ0v) is 21.8. The molecule has 2 aliphatic heterocycles. The Hall–Kier alpha value is -3.30. The van der Waals surface area contributed by atoms with E-state index in [9.17, 15) is 4.79 Å². The quantitative estimate of drug-likeness (QED) is 0.587. The highest BCUT2D eigenvalue weighted by Gasteiger charge is 2.24. The van der Waals surface area contributed by atoms with Crippen molar-refractivity contribution in [3.05, 3.63) is 53.1 Å². The van der Waals surface area contributed by atoms with Gasteiger partial charge in [-0.05, 0) is 42.8 Å². The lowest BCUT2D eigenvalue weighted by Crippen LogP contribution is -2.47. The number of hydrogen-bond acceptors (Lipinski definition) is 7. The van der Waals surface area contributed by atoms with Crippen LogP contribution in [0.1, 0.15) is 23.6 Å². The van der Waals surface area contributed by atoms with E-state index in [1.807, 2.05) is 12.1 Å². The summed E-state index contributed by atoms with van der Waals surface area (Å²) in [6, 6.07) is 11.9. The fourth-order valence-corrected chi connectivity index (χ4v) is 4.72. The van der Waals surface area contributed by atoms with E-state index in [0.29, 0.717) is 24.5 Å². The Morgan fingerprint density at radius 1 is 0.972 bits per heavy atom. The van der Waals surface area contributed by atoms with Crippen molar-refractivity contribution in [2.24, 2.45) is 5.10 Å². The van der Waals surface area contributed by atoms with Crippen LogP contribution in [0.5, 0.6) is 11.5 Å². The number of piperazine rings is 1. The molecule has 2 aliphatic rings. The van der Waals surface area contributed by atoms with E-state index in [0.717, 1.165) is 73.9 Å². The molecule has 0 radical (unpaired) electrons. The molecule has 9 nitrogen and oxygen atoms in total. The number of hydrogen-bond donors (Lipinski definition) is 2. The third-order valence-corrected chi connectivity index (χ3v) is 6.95. The molecule has 0 bridgehead atoms. The van der Waals surface area contributed by atoms with Crippen molar-refractivity contribution in [2.45, 2.75) is 13.3 Å². The van der Waals surface area contributed by atoms with Crippen LogP contribution in [0.2, 0.25) is 0 Å². The number of nitrogens with one attached hydrogen (secondary N) is 2. The third-order valence-electron chi connectivity index (χ3n) is 6.95.